The lowest BCUT2D eigenvalue weighted by Gasteiger charge is -2.28. The molecule has 1 saturated carbocycles. The van der Waals surface area contributed by atoms with E-state index >= 15 is 0 Å². The Labute approximate surface area is 185 Å². The highest BCUT2D eigenvalue weighted by Gasteiger charge is 2.51. The van der Waals surface area contributed by atoms with Gasteiger partial charge in [-0.2, -0.15) is 5.26 Å². The average molecular weight is 472 g/mol. The largest absolute Gasteiger partial charge is 0.444 e. The van der Waals surface area contributed by atoms with Gasteiger partial charge < -0.3 is 10.1 Å². The number of halogens is 2. The van der Waals surface area contributed by atoms with E-state index in [2.05, 4.69) is 5.32 Å². The van der Waals surface area contributed by atoms with E-state index in [1.54, 1.807) is 20.8 Å². The summed E-state index contributed by atoms with van der Waals surface area (Å²) in [6.45, 7) is 4.65. The smallest absolute Gasteiger partial charge is 0.411 e. The number of amides is 2. The highest BCUT2D eigenvalue weighted by Crippen LogP contribution is 2.36. The molecule has 3 rings (SSSR count). The van der Waals surface area contributed by atoms with Crippen LogP contribution >= 0.6 is 11.6 Å². The maximum Gasteiger partial charge on any atom is 0.411 e. The van der Waals surface area contributed by atoms with Crippen LogP contribution in [0.3, 0.4) is 0 Å². The summed E-state index contributed by atoms with van der Waals surface area (Å²) >= 11 is 5.95. The number of nitrogens with zero attached hydrogens (tertiary/aromatic N) is 2. The Balaban J connectivity index is 1.90. The topological polar surface area (TPSA) is 117 Å². The summed E-state index contributed by atoms with van der Waals surface area (Å²) in [6.07, 6.45) is -0.0667. The molecule has 1 aromatic rings. The molecular formula is C20H23ClFN3O5S. The molecule has 1 aliphatic heterocycles. The number of nitriles is 1. The van der Waals surface area contributed by atoms with Gasteiger partial charge in [0, 0.05) is 6.54 Å². The normalized spacial score (nSPS) is 22.5. The van der Waals surface area contributed by atoms with Gasteiger partial charge in [-0.05, 0) is 58.2 Å². The Morgan fingerprint density at radius 1 is 1.35 bits per heavy atom. The monoisotopic (exact) mass is 471 g/mol. The zero-order valence-electron chi connectivity index (χ0n) is 17.3. The maximum absolute atomic E-state index is 13.4. The molecule has 0 aromatic heterocycles. The molecule has 0 radical (unpaired) electrons. The van der Waals surface area contributed by atoms with Crippen molar-refractivity contribution < 1.29 is 27.1 Å². The molecule has 1 N–H and O–H groups in total. The molecule has 2 amide bonds. The number of nitrogens with one attached hydrogen (secondary N) is 1. The van der Waals surface area contributed by atoms with E-state index in [4.69, 9.17) is 16.3 Å². The van der Waals surface area contributed by atoms with Gasteiger partial charge in [-0.3, -0.25) is 9.69 Å². The third-order valence-electron chi connectivity index (χ3n) is 5.16. The van der Waals surface area contributed by atoms with Crippen LogP contribution < -0.4 is 5.32 Å². The van der Waals surface area contributed by atoms with Crippen LogP contribution in [0, 0.1) is 17.1 Å². The summed E-state index contributed by atoms with van der Waals surface area (Å²) in [5.74, 6) is -1.30. The van der Waals surface area contributed by atoms with Crippen LogP contribution in [0.1, 0.15) is 40.0 Å². The number of benzene rings is 1. The van der Waals surface area contributed by atoms with Crippen LogP contribution in [-0.2, 0) is 19.4 Å². The average Bonchev–Trinajstić information content (AvgIpc) is 3.25. The summed E-state index contributed by atoms with van der Waals surface area (Å²) in [4.78, 5) is 26.4. The van der Waals surface area contributed by atoms with Crippen molar-refractivity contribution in [2.45, 2.75) is 67.4 Å². The van der Waals surface area contributed by atoms with Gasteiger partial charge in [0.1, 0.15) is 23.0 Å². The van der Waals surface area contributed by atoms with Crippen molar-refractivity contribution in [1.29, 1.82) is 5.26 Å². The first kappa shape index (κ1) is 23.3. The van der Waals surface area contributed by atoms with E-state index in [-0.39, 0.29) is 22.9 Å². The second-order valence-electron chi connectivity index (χ2n) is 8.81. The predicted octanol–water partition coefficient (Wildman–Crippen LogP) is 2.80. The lowest BCUT2D eigenvalue weighted by Crippen LogP contribution is -2.50. The Kier molecular flexibility index (Phi) is 5.97. The Bertz CT molecular complexity index is 1060. The number of carbonyl (C=O) groups is 2. The van der Waals surface area contributed by atoms with Crippen molar-refractivity contribution in [3.8, 4) is 6.07 Å². The number of hydrogen-bond acceptors (Lipinski definition) is 6. The van der Waals surface area contributed by atoms with Crippen LogP contribution in [-0.4, -0.2) is 54.3 Å². The quantitative estimate of drug-likeness (QED) is 0.675. The minimum atomic E-state index is -4.09. The fourth-order valence-electron chi connectivity index (χ4n) is 3.39. The molecule has 1 heterocycles. The van der Waals surface area contributed by atoms with Crippen LogP contribution in [0.25, 0.3) is 0 Å². The summed E-state index contributed by atoms with van der Waals surface area (Å²) in [7, 11) is -4.09. The molecular weight excluding hydrogens is 449 g/mol. The lowest BCUT2D eigenvalue weighted by molar-refractivity contribution is -0.126. The third kappa shape index (κ3) is 4.93. The van der Waals surface area contributed by atoms with Crippen LogP contribution in [0.15, 0.2) is 23.1 Å². The van der Waals surface area contributed by atoms with E-state index in [9.17, 15) is 27.7 Å². The Hall–Kier alpha value is -2.38. The lowest BCUT2D eigenvalue weighted by atomic mass is 10.2. The second-order valence-corrected chi connectivity index (χ2v) is 11.4. The molecule has 1 aromatic carbocycles. The van der Waals surface area contributed by atoms with Crippen molar-refractivity contribution in [2.24, 2.45) is 0 Å². The zero-order chi connectivity index (χ0) is 23.2. The van der Waals surface area contributed by atoms with Gasteiger partial charge in [0.15, 0.2) is 9.84 Å². The summed E-state index contributed by atoms with van der Waals surface area (Å²) < 4.78 is 45.1. The Morgan fingerprint density at radius 3 is 2.52 bits per heavy atom. The number of carbonyl (C=O) groups excluding carboxylic acids is 2. The van der Waals surface area contributed by atoms with Crippen LogP contribution in [0.5, 0.6) is 0 Å². The number of sulfone groups is 1. The van der Waals surface area contributed by atoms with Crippen molar-refractivity contribution in [1.82, 2.24) is 10.2 Å². The molecule has 2 atom stereocenters. The molecule has 8 nitrogen and oxygen atoms in total. The molecule has 1 saturated heterocycles. The van der Waals surface area contributed by atoms with E-state index < -0.39 is 50.1 Å². The van der Waals surface area contributed by atoms with Gasteiger partial charge in [-0.1, -0.05) is 11.6 Å². The van der Waals surface area contributed by atoms with Crippen molar-refractivity contribution in [3.05, 3.63) is 29.0 Å². The SMILES string of the molecule is CC(C)(C)OC(=O)N1CC(S(=O)(=O)c2ccc(F)cc2Cl)CC1C(=O)NC1(C#N)CC1. The minimum absolute atomic E-state index is 0.206. The minimum Gasteiger partial charge on any atom is -0.444 e. The highest BCUT2D eigenvalue weighted by molar-refractivity contribution is 7.92. The summed E-state index contributed by atoms with van der Waals surface area (Å²) in [5.41, 5.74) is -1.84. The fraction of sp³-hybridized carbons (Fsp3) is 0.550. The number of likely N-dealkylation sites (tertiary alicyclic amines) is 1. The van der Waals surface area contributed by atoms with Gasteiger partial charge in [-0.25, -0.2) is 17.6 Å². The second kappa shape index (κ2) is 7.95. The van der Waals surface area contributed by atoms with Crippen LogP contribution in [0.4, 0.5) is 9.18 Å². The first-order valence-electron chi connectivity index (χ1n) is 9.70. The van der Waals surface area contributed by atoms with E-state index in [0.717, 1.165) is 23.1 Å². The summed E-state index contributed by atoms with van der Waals surface area (Å²) in [5, 5.41) is 10.4. The van der Waals surface area contributed by atoms with Crippen molar-refractivity contribution in [2.75, 3.05) is 6.54 Å². The number of hydrogen-bond donors (Lipinski definition) is 1. The van der Waals surface area contributed by atoms with Crippen LogP contribution in [0.2, 0.25) is 5.02 Å². The highest BCUT2D eigenvalue weighted by atomic mass is 35.5. The number of ether oxygens (including phenoxy) is 1. The molecule has 0 bridgehead atoms. The van der Waals surface area contributed by atoms with Crippen molar-refractivity contribution in [3.63, 3.8) is 0 Å². The predicted molar refractivity (Wildman–Crippen MR) is 109 cm³/mol. The Morgan fingerprint density at radius 2 is 2.00 bits per heavy atom. The van der Waals surface area contributed by atoms with Gasteiger partial charge in [0.25, 0.3) is 0 Å². The molecule has 31 heavy (non-hydrogen) atoms. The molecule has 1 aliphatic carbocycles. The molecule has 11 heteroatoms. The molecule has 168 valence electrons. The first-order chi connectivity index (χ1) is 14.3. The first-order valence-corrected chi connectivity index (χ1v) is 11.6. The van der Waals surface area contributed by atoms with Gasteiger partial charge in [0.2, 0.25) is 5.91 Å². The number of rotatable bonds is 4. The standard InChI is InChI=1S/C20H23ClFN3O5S/c1-19(2,3)30-18(27)25-10-13(9-15(25)17(26)24-20(11-23)6-7-20)31(28,29)16-5-4-12(22)8-14(16)21/h4-5,8,13,15H,6-7,9-10H2,1-3H3,(H,24,26). The molecule has 2 unspecified atom stereocenters. The summed E-state index contributed by atoms with van der Waals surface area (Å²) in [6, 6.07) is 3.83. The van der Waals surface area contributed by atoms with E-state index in [1.807, 2.05) is 6.07 Å². The zero-order valence-corrected chi connectivity index (χ0v) is 18.9. The fourth-order valence-corrected chi connectivity index (χ4v) is 5.62. The van der Waals surface area contributed by atoms with E-state index in [1.165, 1.54) is 0 Å². The molecule has 2 fully saturated rings. The maximum atomic E-state index is 13.4. The molecule has 2 aliphatic rings. The molecule has 0 spiro atoms. The van der Waals surface area contributed by atoms with Crippen molar-refractivity contribution >= 4 is 33.4 Å². The third-order valence-corrected chi connectivity index (χ3v) is 7.77. The van der Waals surface area contributed by atoms with Gasteiger partial charge in [-0.15, -0.1) is 0 Å². The van der Waals surface area contributed by atoms with Gasteiger partial charge >= 0.3 is 6.09 Å². The van der Waals surface area contributed by atoms with E-state index in [0.29, 0.717) is 12.8 Å². The van der Waals surface area contributed by atoms with Gasteiger partial charge in [0.05, 0.1) is 21.2 Å².